The van der Waals surface area contributed by atoms with E-state index in [2.05, 4.69) is 4.98 Å². The second-order valence-electron chi connectivity index (χ2n) is 8.13. The Kier molecular flexibility index (Phi) is 5.49. The molecule has 3 aromatic rings. The molecule has 0 saturated carbocycles. The summed E-state index contributed by atoms with van der Waals surface area (Å²) < 4.78 is 23.3. The van der Waals surface area contributed by atoms with E-state index in [1.54, 1.807) is 36.4 Å². The van der Waals surface area contributed by atoms with Gasteiger partial charge in [-0.1, -0.05) is 25.5 Å². The van der Waals surface area contributed by atoms with Gasteiger partial charge in [0.2, 0.25) is 11.1 Å². The predicted octanol–water partition coefficient (Wildman–Crippen LogP) is 1.91. The number of aliphatic hydroxyl groups is 2. The molecule has 2 fully saturated rings. The van der Waals surface area contributed by atoms with Gasteiger partial charge in [-0.05, 0) is 30.7 Å². The zero-order valence-electron chi connectivity index (χ0n) is 17.1. The number of rotatable bonds is 4. The summed E-state index contributed by atoms with van der Waals surface area (Å²) in [6, 6.07) is 10.4. The molecule has 31 heavy (non-hydrogen) atoms. The van der Waals surface area contributed by atoms with E-state index in [0.29, 0.717) is 28.7 Å². The third-order valence-corrected chi connectivity index (χ3v) is 5.97. The molecule has 2 aliphatic heterocycles. The zero-order valence-corrected chi connectivity index (χ0v) is 17.1. The maximum atomic E-state index is 12.7. The highest BCUT2D eigenvalue weighted by Crippen LogP contribution is 2.31. The molecule has 2 aliphatic rings. The summed E-state index contributed by atoms with van der Waals surface area (Å²) in [5, 5.41) is 22.2. The molecule has 4 heterocycles. The molecule has 0 unspecified atom stereocenters. The molecule has 2 aromatic heterocycles. The van der Waals surface area contributed by atoms with Crippen molar-refractivity contribution >= 4 is 22.1 Å². The van der Waals surface area contributed by atoms with E-state index in [4.69, 9.17) is 18.6 Å². The Hall–Kier alpha value is -2.36. The highest BCUT2D eigenvalue weighted by atomic mass is 16.7. The average molecular weight is 427 g/mol. The van der Waals surface area contributed by atoms with Crippen molar-refractivity contribution in [1.29, 1.82) is 0 Å². The minimum absolute atomic E-state index is 0.138. The van der Waals surface area contributed by atoms with Gasteiger partial charge >= 0.3 is 0 Å². The molecule has 0 spiro atoms. The highest BCUT2D eigenvalue weighted by Gasteiger charge is 2.48. The van der Waals surface area contributed by atoms with Crippen molar-refractivity contribution in [2.45, 2.75) is 63.0 Å². The number of nitrogens with zero attached hydrogens (tertiary/aromatic N) is 1. The number of para-hydroxylation sites is 1. The SMILES string of the molecule is CCC[C@H]1OC[C@H]2O[C@@H](Cc3ccc4c(=O)c5ccccc5oc4n3)[C@H](O)[C@@H](O)[C@@H]2O1. The Morgan fingerprint density at radius 3 is 2.74 bits per heavy atom. The Morgan fingerprint density at radius 1 is 1.06 bits per heavy atom. The van der Waals surface area contributed by atoms with Gasteiger partial charge in [-0.2, -0.15) is 0 Å². The van der Waals surface area contributed by atoms with Crippen LogP contribution in [0, 0.1) is 0 Å². The van der Waals surface area contributed by atoms with Gasteiger partial charge in [-0.25, -0.2) is 4.98 Å². The van der Waals surface area contributed by atoms with Gasteiger partial charge in [0, 0.05) is 12.1 Å². The van der Waals surface area contributed by atoms with Crippen molar-refractivity contribution in [3.8, 4) is 0 Å². The van der Waals surface area contributed by atoms with E-state index in [1.165, 1.54) is 0 Å². The first kappa shape index (κ1) is 20.5. The van der Waals surface area contributed by atoms with Crippen LogP contribution >= 0.6 is 0 Å². The van der Waals surface area contributed by atoms with Crippen molar-refractivity contribution < 1.29 is 28.8 Å². The third-order valence-electron chi connectivity index (χ3n) is 5.97. The lowest BCUT2D eigenvalue weighted by Crippen LogP contribution is -2.63. The highest BCUT2D eigenvalue weighted by molar-refractivity contribution is 5.87. The number of ether oxygens (including phenoxy) is 3. The summed E-state index contributed by atoms with van der Waals surface area (Å²) in [6.45, 7) is 2.32. The van der Waals surface area contributed by atoms with Crippen LogP contribution in [0.2, 0.25) is 0 Å². The van der Waals surface area contributed by atoms with Crippen LogP contribution in [0.1, 0.15) is 25.5 Å². The molecule has 0 bridgehead atoms. The molecule has 1 aromatic carbocycles. The van der Waals surface area contributed by atoms with Gasteiger partial charge in [0.15, 0.2) is 6.29 Å². The van der Waals surface area contributed by atoms with Crippen LogP contribution in [-0.4, -0.2) is 58.6 Å². The van der Waals surface area contributed by atoms with Crippen LogP contribution in [0.3, 0.4) is 0 Å². The summed E-state index contributed by atoms with van der Waals surface area (Å²) in [7, 11) is 0. The molecule has 5 rings (SSSR count). The van der Waals surface area contributed by atoms with Crippen LogP contribution in [0.5, 0.6) is 0 Å². The summed E-state index contributed by atoms with van der Waals surface area (Å²) in [4.78, 5) is 17.2. The molecule has 0 amide bonds. The Bertz CT molecular complexity index is 1140. The maximum absolute atomic E-state index is 12.7. The monoisotopic (exact) mass is 427 g/mol. The second-order valence-corrected chi connectivity index (χ2v) is 8.13. The number of benzene rings is 1. The lowest BCUT2D eigenvalue weighted by Gasteiger charge is -2.46. The molecule has 0 aliphatic carbocycles. The largest absolute Gasteiger partial charge is 0.437 e. The lowest BCUT2D eigenvalue weighted by atomic mass is 9.92. The fraction of sp³-hybridized carbons (Fsp3) is 0.478. The molecule has 0 radical (unpaired) electrons. The third kappa shape index (κ3) is 3.75. The van der Waals surface area contributed by atoms with Gasteiger partial charge < -0.3 is 28.8 Å². The van der Waals surface area contributed by atoms with Crippen LogP contribution in [0.25, 0.3) is 22.1 Å². The Morgan fingerprint density at radius 2 is 1.90 bits per heavy atom. The summed E-state index contributed by atoms with van der Waals surface area (Å²) in [5.74, 6) is 0. The van der Waals surface area contributed by atoms with Gasteiger partial charge in [0.1, 0.15) is 30.0 Å². The number of fused-ring (bicyclic) bond motifs is 3. The minimum atomic E-state index is -1.14. The first-order valence-corrected chi connectivity index (χ1v) is 10.6. The Balaban J connectivity index is 1.38. The quantitative estimate of drug-likeness (QED) is 0.608. The van der Waals surface area contributed by atoms with E-state index in [0.717, 1.165) is 12.8 Å². The number of hydrogen-bond acceptors (Lipinski definition) is 8. The molecule has 6 atom stereocenters. The molecular formula is C23H25NO7. The molecular weight excluding hydrogens is 402 g/mol. The first-order chi connectivity index (χ1) is 15.0. The van der Waals surface area contributed by atoms with Crippen LogP contribution in [-0.2, 0) is 20.6 Å². The summed E-state index contributed by atoms with van der Waals surface area (Å²) in [6.07, 6.45) is -2.57. The van der Waals surface area contributed by atoms with Crippen molar-refractivity contribution in [1.82, 2.24) is 4.98 Å². The van der Waals surface area contributed by atoms with Gasteiger partial charge in [-0.15, -0.1) is 0 Å². The van der Waals surface area contributed by atoms with Crippen LogP contribution in [0.4, 0.5) is 0 Å². The average Bonchev–Trinajstić information content (AvgIpc) is 2.78. The van der Waals surface area contributed by atoms with Gasteiger partial charge in [0.25, 0.3) is 0 Å². The fourth-order valence-electron chi connectivity index (χ4n) is 4.33. The predicted molar refractivity (Wildman–Crippen MR) is 112 cm³/mol. The molecule has 8 heteroatoms. The molecule has 164 valence electrons. The smallest absolute Gasteiger partial charge is 0.230 e. The van der Waals surface area contributed by atoms with E-state index in [1.807, 2.05) is 6.92 Å². The van der Waals surface area contributed by atoms with Crippen molar-refractivity contribution in [2.24, 2.45) is 0 Å². The van der Waals surface area contributed by atoms with Crippen LogP contribution in [0.15, 0.2) is 45.6 Å². The van der Waals surface area contributed by atoms with E-state index in [9.17, 15) is 15.0 Å². The lowest BCUT2D eigenvalue weighted by molar-refractivity contribution is -0.325. The van der Waals surface area contributed by atoms with E-state index >= 15 is 0 Å². The van der Waals surface area contributed by atoms with Crippen molar-refractivity contribution in [3.05, 3.63) is 52.3 Å². The van der Waals surface area contributed by atoms with Crippen LogP contribution < -0.4 is 5.43 Å². The van der Waals surface area contributed by atoms with Crippen molar-refractivity contribution in [2.75, 3.05) is 6.61 Å². The number of pyridine rings is 1. The zero-order chi connectivity index (χ0) is 21.5. The standard InChI is InChI=1S/C23H25NO7/c1-2-5-18-28-11-17-22(31-18)21(27)20(26)16(29-17)10-12-8-9-14-19(25)13-6-3-4-7-15(13)30-23(14)24-12/h3-4,6-9,16-18,20-22,26-27H,2,5,10-11H2,1H3/t16-,17+,18-,20-,21+,22+/m0/s1. The topological polar surface area (TPSA) is 111 Å². The first-order valence-electron chi connectivity index (χ1n) is 10.6. The van der Waals surface area contributed by atoms with Crippen molar-refractivity contribution in [3.63, 3.8) is 0 Å². The van der Waals surface area contributed by atoms with Gasteiger partial charge in [-0.3, -0.25) is 4.79 Å². The molecule has 2 N–H and O–H groups in total. The number of aliphatic hydroxyl groups excluding tert-OH is 2. The number of hydrogen-bond donors (Lipinski definition) is 2. The van der Waals surface area contributed by atoms with Gasteiger partial charge in [0.05, 0.1) is 23.5 Å². The minimum Gasteiger partial charge on any atom is -0.437 e. The summed E-state index contributed by atoms with van der Waals surface area (Å²) >= 11 is 0. The summed E-state index contributed by atoms with van der Waals surface area (Å²) in [5.41, 5.74) is 1.15. The van der Waals surface area contributed by atoms with E-state index in [-0.39, 0.29) is 17.6 Å². The fourth-order valence-corrected chi connectivity index (χ4v) is 4.33. The maximum Gasteiger partial charge on any atom is 0.230 e. The second kappa shape index (κ2) is 8.29. The Labute approximate surface area is 178 Å². The molecule has 2 saturated heterocycles. The number of aromatic nitrogens is 1. The van der Waals surface area contributed by atoms with E-state index < -0.39 is 36.8 Å². The molecule has 8 nitrogen and oxygen atoms in total. The normalized spacial score (nSPS) is 31.1.